The van der Waals surface area contributed by atoms with E-state index in [-0.39, 0.29) is 23.5 Å². The predicted octanol–water partition coefficient (Wildman–Crippen LogP) is 1.92. The Morgan fingerprint density at radius 1 is 1.28 bits per heavy atom. The van der Waals surface area contributed by atoms with Gasteiger partial charge in [-0.15, -0.1) is 0 Å². The molecule has 2 N–H and O–H groups in total. The molecule has 6 nitrogen and oxygen atoms in total. The van der Waals surface area contributed by atoms with Gasteiger partial charge in [0.15, 0.2) is 9.84 Å². The first-order valence-corrected chi connectivity index (χ1v) is 9.99. The molecule has 1 saturated heterocycles. The number of pyridine rings is 1. The van der Waals surface area contributed by atoms with Gasteiger partial charge in [0.1, 0.15) is 0 Å². The molecule has 3 rings (SSSR count). The van der Waals surface area contributed by atoms with Gasteiger partial charge in [0, 0.05) is 25.0 Å². The standard InChI is InChI=1S/C18H21N3O3S/c1-13-3-2-4-14(7-13)9-20-17-8-15(10-19-11-17)18(22)21-16-5-6-25(23,24)12-16/h2-4,7-8,10-11,16,20H,5-6,9,12H2,1H3,(H,21,22). The molecule has 0 saturated carbocycles. The molecule has 1 aliphatic heterocycles. The molecule has 7 heteroatoms. The topological polar surface area (TPSA) is 88.2 Å². The third kappa shape index (κ3) is 4.79. The Morgan fingerprint density at radius 2 is 2.12 bits per heavy atom. The average Bonchev–Trinajstić information content (AvgIpc) is 2.92. The number of hydrogen-bond donors (Lipinski definition) is 2. The minimum Gasteiger partial charge on any atom is -0.380 e. The minimum absolute atomic E-state index is 0.0114. The van der Waals surface area contributed by atoms with Crippen LogP contribution in [0.15, 0.2) is 42.7 Å². The van der Waals surface area contributed by atoms with Crippen LogP contribution in [-0.2, 0) is 16.4 Å². The third-order valence-electron chi connectivity index (χ3n) is 4.15. The zero-order chi connectivity index (χ0) is 17.9. The third-order valence-corrected chi connectivity index (χ3v) is 5.92. The maximum absolute atomic E-state index is 12.3. The van der Waals surface area contributed by atoms with Gasteiger partial charge >= 0.3 is 0 Å². The van der Waals surface area contributed by atoms with Crippen LogP contribution in [0.3, 0.4) is 0 Å². The first kappa shape index (κ1) is 17.4. The Balaban J connectivity index is 1.62. The van der Waals surface area contributed by atoms with Crippen LogP contribution in [0, 0.1) is 6.92 Å². The van der Waals surface area contributed by atoms with Crippen LogP contribution in [0.25, 0.3) is 0 Å². The Bertz CT molecular complexity index is 881. The van der Waals surface area contributed by atoms with Gasteiger partial charge in [-0.2, -0.15) is 0 Å². The van der Waals surface area contributed by atoms with E-state index in [2.05, 4.69) is 21.7 Å². The molecule has 2 aromatic rings. The number of aryl methyl sites for hydroxylation is 1. The molecule has 0 radical (unpaired) electrons. The summed E-state index contributed by atoms with van der Waals surface area (Å²) < 4.78 is 23.0. The van der Waals surface area contributed by atoms with Gasteiger partial charge < -0.3 is 10.6 Å². The van der Waals surface area contributed by atoms with E-state index < -0.39 is 9.84 Å². The minimum atomic E-state index is -3.02. The van der Waals surface area contributed by atoms with Crippen molar-refractivity contribution < 1.29 is 13.2 Å². The summed E-state index contributed by atoms with van der Waals surface area (Å²) in [7, 11) is -3.02. The van der Waals surface area contributed by atoms with Crippen molar-refractivity contribution in [2.75, 3.05) is 16.8 Å². The fourth-order valence-electron chi connectivity index (χ4n) is 2.86. The monoisotopic (exact) mass is 359 g/mol. The molecule has 0 spiro atoms. The second-order valence-electron chi connectivity index (χ2n) is 6.38. The highest BCUT2D eigenvalue weighted by atomic mass is 32.2. The van der Waals surface area contributed by atoms with Gasteiger partial charge in [-0.05, 0) is 25.0 Å². The average molecular weight is 359 g/mol. The van der Waals surface area contributed by atoms with Gasteiger partial charge in [0.2, 0.25) is 0 Å². The van der Waals surface area contributed by atoms with E-state index in [4.69, 9.17) is 0 Å². The van der Waals surface area contributed by atoms with Crippen molar-refractivity contribution in [3.8, 4) is 0 Å². The normalized spacial score (nSPS) is 18.7. The van der Waals surface area contributed by atoms with E-state index in [1.165, 1.54) is 11.8 Å². The highest BCUT2D eigenvalue weighted by Gasteiger charge is 2.29. The molecule has 2 heterocycles. The highest BCUT2D eigenvalue weighted by molar-refractivity contribution is 7.91. The predicted molar refractivity (Wildman–Crippen MR) is 97.3 cm³/mol. The van der Waals surface area contributed by atoms with Gasteiger partial charge in [0.05, 0.1) is 22.8 Å². The second kappa shape index (κ2) is 7.23. The molecule has 1 aromatic carbocycles. The van der Waals surface area contributed by atoms with Crippen LogP contribution in [-0.4, -0.2) is 36.9 Å². The summed E-state index contributed by atoms with van der Waals surface area (Å²) in [5.41, 5.74) is 3.50. The lowest BCUT2D eigenvalue weighted by atomic mass is 10.1. The van der Waals surface area contributed by atoms with Crippen molar-refractivity contribution in [3.05, 3.63) is 59.4 Å². The molecule has 0 bridgehead atoms. The Morgan fingerprint density at radius 3 is 2.84 bits per heavy atom. The SMILES string of the molecule is Cc1cccc(CNc2cncc(C(=O)NC3CCS(=O)(=O)C3)c2)c1. The summed E-state index contributed by atoms with van der Waals surface area (Å²) in [6.07, 6.45) is 3.61. The van der Waals surface area contributed by atoms with E-state index in [1.807, 2.05) is 25.1 Å². The molecule has 1 unspecified atom stereocenters. The van der Waals surface area contributed by atoms with Crippen LogP contribution in [0.2, 0.25) is 0 Å². The van der Waals surface area contributed by atoms with Crippen molar-refractivity contribution in [3.63, 3.8) is 0 Å². The Kier molecular flexibility index (Phi) is 5.03. The summed E-state index contributed by atoms with van der Waals surface area (Å²) >= 11 is 0. The molecule has 1 amide bonds. The van der Waals surface area contributed by atoms with Crippen LogP contribution >= 0.6 is 0 Å². The van der Waals surface area contributed by atoms with Crippen molar-refractivity contribution >= 4 is 21.4 Å². The largest absolute Gasteiger partial charge is 0.380 e. The number of nitrogens with zero attached hydrogens (tertiary/aromatic N) is 1. The van der Waals surface area contributed by atoms with E-state index >= 15 is 0 Å². The molecule has 1 fully saturated rings. The summed E-state index contributed by atoms with van der Waals surface area (Å²) in [4.78, 5) is 16.4. The maximum atomic E-state index is 12.3. The molecular weight excluding hydrogens is 338 g/mol. The smallest absolute Gasteiger partial charge is 0.253 e. The second-order valence-corrected chi connectivity index (χ2v) is 8.61. The molecule has 132 valence electrons. The number of benzene rings is 1. The zero-order valence-corrected chi connectivity index (χ0v) is 14.8. The number of carbonyl (C=O) groups is 1. The first-order chi connectivity index (χ1) is 11.9. The number of anilines is 1. The number of amides is 1. The summed E-state index contributed by atoms with van der Waals surface area (Å²) in [6, 6.07) is 9.58. The number of carbonyl (C=O) groups excluding carboxylic acids is 1. The molecular formula is C18H21N3O3S. The van der Waals surface area contributed by atoms with E-state index in [1.54, 1.807) is 12.3 Å². The fourth-order valence-corrected chi connectivity index (χ4v) is 4.54. The fraction of sp³-hybridized carbons (Fsp3) is 0.333. The van der Waals surface area contributed by atoms with Gasteiger partial charge in [-0.1, -0.05) is 29.8 Å². The lowest BCUT2D eigenvalue weighted by molar-refractivity contribution is 0.0941. The van der Waals surface area contributed by atoms with E-state index in [0.29, 0.717) is 18.5 Å². The van der Waals surface area contributed by atoms with E-state index in [9.17, 15) is 13.2 Å². The lowest BCUT2D eigenvalue weighted by Gasteiger charge is -2.12. The van der Waals surface area contributed by atoms with Crippen LogP contribution < -0.4 is 10.6 Å². The highest BCUT2D eigenvalue weighted by Crippen LogP contribution is 2.14. The van der Waals surface area contributed by atoms with Crippen molar-refractivity contribution in [1.82, 2.24) is 10.3 Å². The Hall–Kier alpha value is -2.41. The van der Waals surface area contributed by atoms with Crippen LogP contribution in [0.4, 0.5) is 5.69 Å². The van der Waals surface area contributed by atoms with E-state index in [0.717, 1.165) is 11.3 Å². The van der Waals surface area contributed by atoms with Crippen molar-refractivity contribution in [2.24, 2.45) is 0 Å². The quantitative estimate of drug-likeness (QED) is 0.851. The maximum Gasteiger partial charge on any atom is 0.253 e. The van der Waals surface area contributed by atoms with Gasteiger partial charge in [-0.25, -0.2) is 8.42 Å². The first-order valence-electron chi connectivity index (χ1n) is 8.17. The Labute approximate surface area is 147 Å². The number of hydrogen-bond acceptors (Lipinski definition) is 5. The number of sulfone groups is 1. The number of rotatable bonds is 5. The molecule has 25 heavy (non-hydrogen) atoms. The van der Waals surface area contributed by atoms with Crippen LogP contribution in [0.5, 0.6) is 0 Å². The van der Waals surface area contributed by atoms with Crippen molar-refractivity contribution in [1.29, 1.82) is 0 Å². The van der Waals surface area contributed by atoms with Crippen LogP contribution in [0.1, 0.15) is 27.9 Å². The number of aromatic nitrogens is 1. The molecule has 0 aliphatic carbocycles. The number of nitrogens with one attached hydrogen (secondary N) is 2. The molecule has 1 aromatic heterocycles. The van der Waals surface area contributed by atoms with Crippen molar-refractivity contribution in [2.45, 2.75) is 25.9 Å². The molecule has 1 atom stereocenters. The lowest BCUT2D eigenvalue weighted by Crippen LogP contribution is -2.35. The summed E-state index contributed by atoms with van der Waals surface area (Å²) in [6.45, 7) is 2.68. The van der Waals surface area contributed by atoms with Gasteiger partial charge in [-0.3, -0.25) is 9.78 Å². The molecule has 1 aliphatic rings. The summed E-state index contributed by atoms with van der Waals surface area (Å²) in [5, 5.41) is 6.03. The van der Waals surface area contributed by atoms with Gasteiger partial charge in [0.25, 0.3) is 5.91 Å². The zero-order valence-electron chi connectivity index (χ0n) is 14.0. The summed E-state index contributed by atoms with van der Waals surface area (Å²) in [5.74, 6) is -0.153.